The lowest BCUT2D eigenvalue weighted by atomic mass is 9.92. The first kappa shape index (κ1) is 30.0. The number of para-hydroxylation sites is 3. The van der Waals surface area contributed by atoms with Crippen LogP contribution in [-0.4, -0.2) is 60.0 Å². The highest BCUT2D eigenvalue weighted by atomic mass is 32.2. The fourth-order valence-corrected chi connectivity index (χ4v) is 5.84. The van der Waals surface area contributed by atoms with Gasteiger partial charge in [-0.2, -0.15) is 11.8 Å². The second kappa shape index (κ2) is 15.1. The Labute approximate surface area is 232 Å². The van der Waals surface area contributed by atoms with Crippen molar-refractivity contribution in [2.75, 3.05) is 54.4 Å². The minimum atomic E-state index is -0.291. The molecule has 0 spiro atoms. The van der Waals surface area contributed by atoms with Crippen LogP contribution >= 0.6 is 11.8 Å². The van der Waals surface area contributed by atoms with E-state index in [4.69, 9.17) is 0 Å². The van der Waals surface area contributed by atoms with Gasteiger partial charge in [-0.1, -0.05) is 70.9 Å². The van der Waals surface area contributed by atoms with Gasteiger partial charge in [0.25, 0.3) is 5.69 Å². The molecule has 1 aliphatic rings. The van der Waals surface area contributed by atoms with Crippen LogP contribution in [0, 0.1) is 10.1 Å². The highest BCUT2D eigenvalue weighted by molar-refractivity contribution is 7.99. The molecule has 1 saturated heterocycles. The molecule has 1 fully saturated rings. The molecule has 0 aromatic heterocycles. The Hall–Kier alpha value is -2.58. The number of nitro groups is 1. The number of rotatable bonds is 14. The van der Waals surface area contributed by atoms with Crippen molar-refractivity contribution in [2.45, 2.75) is 65.2 Å². The normalized spacial score (nSPS) is 14.3. The van der Waals surface area contributed by atoms with Gasteiger partial charge in [0.05, 0.1) is 10.7 Å². The molecule has 1 amide bonds. The maximum atomic E-state index is 12.7. The van der Waals surface area contributed by atoms with Crippen molar-refractivity contribution in [1.82, 2.24) is 4.90 Å². The molecule has 3 rings (SSSR count). The molecule has 0 saturated carbocycles. The van der Waals surface area contributed by atoms with E-state index in [9.17, 15) is 14.9 Å². The van der Waals surface area contributed by atoms with E-state index in [1.807, 2.05) is 12.1 Å². The summed E-state index contributed by atoms with van der Waals surface area (Å²) >= 11 is 1.72. The molecule has 2 aromatic carbocycles. The van der Waals surface area contributed by atoms with E-state index in [1.165, 1.54) is 30.4 Å². The molecular weight excluding hydrogens is 496 g/mol. The third-order valence-electron chi connectivity index (χ3n) is 7.17. The highest BCUT2D eigenvalue weighted by Gasteiger charge is 2.23. The van der Waals surface area contributed by atoms with E-state index in [0.29, 0.717) is 17.6 Å². The number of piperazine rings is 1. The Morgan fingerprint density at radius 2 is 1.55 bits per heavy atom. The lowest BCUT2D eigenvalue weighted by Crippen LogP contribution is -2.46. The smallest absolute Gasteiger partial charge is 0.292 e. The van der Waals surface area contributed by atoms with Gasteiger partial charge in [0.2, 0.25) is 5.91 Å². The van der Waals surface area contributed by atoms with Gasteiger partial charge < -0.3 is 10.2 Å². The van der Waals surface area contributed by atoms with Gasteiger partial charge in [-0.3, -0.25) is 19.8 Å². The lowest BCUT2D eigenvalue weighted by Gasteiger charge is -2.35. The number of nitrogens with one attached hydrogen (secondary N) is 1. The molecule has 0 atom stereocenters. The first-order chi connectivity index (χ1) is 18.3. The second-order valence-electron chi connectivity index (χ2n) is 10.7. The Kier molecular flexibility index (Phi) is 11.9. The molecule has 1 aliphatic heterocycles. The van der Waals surface area contributed by atoms with Gasteiger partial charge in [0, 0.05) is 37.9 Å². The number of unbranched alkanes of at least 4 members (excludes halogenated alkanes) is 3. The summed E-state index contributed by atoms with van der Waals surface area (Å²) in [6, 6.07) is 13.4. The van der Waals surface area contributed by atoms with Crippen molar-refractivity contribution in [3.63, 3.8) is 0 Å². The van der Waals surface area contributed by atoms with Crippen molar-refractivity contribution >= 4 is 34.7 Å². The SMILES string of the molecule is CC(C)c1cccc(C(C)C)c1NC(=O)CSCCCCCCN1CCN(c2ccccc2[N+](=O)[O-])CC1. The minimum Gasteiger partial charge on any atom is -0.363 e. The summed E-state index contributed by atoms with van der Waals surface area (Å²) in [7, 11) is 0. The molecule has 38 heavy (non-hydrogen) atoms. The van der Waals surface area contributed by atoms with E-state index < -0.39 is 0 Å². The van der Waals surface area contributed by atoms with Gasteiger partial charge in [-0.05, 0) is 54.2 Å². The first-order valence-electron chi connectivity index (χ1n) is 14.0. The number of anilines is 2. The minimum absolute atomic E-state index is 0.0879. The molecule has 0 radical (unpaired) electrons. The molecule has 7 nitrogen and oxygen atoms in total. The van der Waals surface area contributed by atoms with Crippen LogP contribution in [-0.2, 0) is 4.79 Å². The Morgan fingerprint density at radius 1 is 0.921 bits per heavy atom. The highest BCUT2D eigenvalue weighted by Crippen LogP contribution is 2.32. The molecule has 1 N–H and O–H groups in total. The second-order valence-corrected chi connectivity index (χ2v) is 11.8. The van der Waals surface area contributed by atoms with Crippen molar-refractivity contribution in [3.8, 4) is 0 Å². The largest absolute Gasteiger partial charge is 0.363 e. The zero-order chi connectivity index (χ0) is 27.5. The monoisotopic (exact) mass is 540 g/mol. The van der Waals surface area contributed by atoms with Crippen LogP contribution < -0.4 is 10.2 Å². The van der Waals surface area contributed by atoms with E-state index in [1.54, 1.807) is 23.9 Å². The molecule has 0 aliphatic carbocycles. The summed E-state index contributed by atoms with van der Waals surface area (Å²) in [6.07, 6.45) is 4.67. The zero-order valence-corrected chi connectivity index (χ0v) is 24.3. The average molecular weight is 541 g/mol. The number of thioether (sulfide) groups is 1. The average Bonchev–Trinajstić information content (AvgIpc) is 2.90. The van der Waals surface area contributed by atoms with Crippen molar-refractivity contribution in [1.29, 1.82) is 0 Å². The van der Waals surface area contributed by atoms with E-state index in [0.717, 1.165) is 56.3 Å². The van der Waals surface area contributed by atoms with Crippen molar-refractivity contribution in [3.05, 3.63) is 63.7 Å². The quantitative estimate of drug-likeness (QED) is 0.160. The van der Waals surface area contributed by atoms with Crippen molar-refractivity contribution in [2.24, 2.45) is 0 Å². The summed E-state index contributed by atoms with van der Waals surface area (Å²) < 4.78 is 0. The topological polar surface area (TPSA) is 78.7 Å². The van der Waals surface area contributed by atoms with E-state index in [2.05, 4.69) is 61.0 Å². The van der Waals surface area contributed by atoms with Crippen LogP contribution in [0.15, 0.2) is 42.5 Å². The number of carbonyl (C=O) groups excluding carboxylic acids is 1. The number of nitrogens with zero attached hydrogens (tertiary/aromatic N) is 3. The summed E-state index contributed by atoms with van der Waals surface area (Å²) in [5, 5.41) is 14.5. The van der Waals surface area contributed by atoms with Gasteiger partial charge in [0.1, 0.15) is 5.69 Å². The fraction of sp³-hybridized carbons (Fsp3) is 0.567. The van der Waals surface area contributed by atoms with Gasteiger partial charge >= 0.3 is 0 Å². The number of hydrogen-bond acceptors (Lipinski definition) is 6. The summed E-state index contributed by atoms with van der Waals surface area (Å²) in [6.45, 7) is 13.3. The van der Waals surface area contributed by atoms with E-state index in [-0.39, 0.29) is 16.5 Å². The van der Waals surface area contributed by atoms with Crippen LogP contribution in [0.3, 0.4) is 0 Å². The van der Waals surface area contributed by atoms with Crippen LogP contribution in [0.25, 0.3) is 0 Å². The number of carbonyl (C=O) groups is 1. The van der Waals surface area contributed by atoms with Crippen LogP contribution in [0.5, 0.6) is 0 Å². The van der Waals surface area contributed by atoms with Gasteiger partial charge in [0.15, 0.2) is 0 Å². The molecule has 2 aromatic rings. The van der Waals surface area contributed by atoms with Gasteiger partial charge in [-0.15, -0.1) is 0 Å². The number of benzene rings is 2. The Morgan fingerprint density at radius 3 is 2.18 bits per heavy atom. The summed E-state index contributed by atoms with van der Waals surface area (Å²) in [5.41, 5.74) is 4.34. The third kappa shape index (κ3) is 8.73. The molecule has 0 unspecified atom stereocenters. The maximum Gasteiger partial charge on any atom is 0.292 e. The fourth-order valence-electron chi connectivity index (χ4n) is 5.03. The predicted molar refractivity (Wildman–Crippen MR) is 161 cm³/mol. The standard InChI is InChI=1S/C30H44N4O3S/c1-23(2)25-12-11-13-26(24(3)4)30(25)31-29(35)22-38-21-10-6-5-9-16-32-17-19-33(20-18-32)27-14-7-8-15-28(27)34(36)37/h7-8,11-15,23-24H,5-6,9-10,16-22H2,1-4H3,(H,31,35). The van der Waals surface area contributed by atoms with E-state index >= 15 is 0 Å². The molecule has 0 bridgehead atoms. The van der Waals surface area contributed by atoms with Crippen LogP contribution in [0.1, 0.15) is 76.3 Å². The van der Waals surface area contributed by atoms with Crippen LogP contribution in [0.2, 0.25) is 0 Å². The lowest BCUT2D eigenvalue weighted by molar-refractivity contribution is -0.384. The predicted octanol–water partition coefficient (Wildman–Crippen LogP) is 6.90. The van der Waals surface area contributed by atoms with Crippen molar-refractivity contribution < 1.29 is 9.72 Å². The third-order valence-corrected chi connectivity index (χ3v) is 8.22. The Bertz CT molecular complexity index is 1030. The number of amides is 1. The Balaban J connectivity index is 1.28. The summed E-state index contributed by atoms with van der Waals surface area (Å²) in [4.78, 5) is 28.3. The maximum absolute atomic E-state index is 12.7. The molecular formula is C30H44N4O3S. The number of nitro benzene ring substituents is 1. The molecule has 208 valence electrons. The molecule has 8 heteroatoms. The first-order valence-corrected chi connectivity index (χ1v) is 15.1. The van der Waals surface area contributed by atoms with Crippen LogP contribution in [0.4, 0.5) is 17.1 Å². The number of hydrogen-bond donors (Lipinski definition) is 1. The van der Waals surface area contributed by atoms with Gasteiger partial charge in [-0.25, -0.2) is 0 Å². The molecule has 1 heterocycles. The zero-order valence-electron chi connectivity index (χ0n) is 23.4. The summed E-state index contributed by atoms with van der Waals surface area (Å²) in [5.74, 6) is 2.32.